The van der Waals surface area contributed by atoms with E-state index in [1.165, 1.54) is 14.2 Å². The summed E-state index contributed by atoms with van der Waals surface area (Å²) in [5.74, 6) is 4.16. The first-order valence-corrected chi connectivity index (χ1v) is 18.4. The van der Waals surface area contributed by atoms with Crippen molar-refractivity contribution in [3.8, 4) is 23.3 Å². The highest BCUT2D eigenvalue weighted by atomic mass is 16.5. The number of hydrogen-bond donors (Lipinski definition) is 2. The second kappa shape index (κ2) is 19.7. The average Bonchev–Trinajstić information content (AvgIpc) is 3.27. The summed E-state index contributed by atoms with van der Waals surface area (Å²) in [7, 11) is 2.63. The van der Waals surface area contributed by atoms with Crippen LogP contribution < -0.4 is 20.1 Å². The molecule has 0 heterocycles. The van der Waals surface area contributed by atoms with Crippen LogP contribution in [0.1, 0.15) is 63.7 Å². The molecule has 0 fully saturated rings. The minimum absolute atomic E-state index is 0.113. The summed E-state index contributed by atoms with van der Waals surface area (Å²) in [5.41, 5.74) is 5.17. The SMILES string of the molecule is COC(=O)Cc1ccc(C(=O)Nc2ccc(C(=O)Oc3ccc(C#Cc4ccc(OC(=O)c5ccc(NC(=O)c6ccc(CC(=O)OC)cc6)cc5)cc4)cc3)cc2)cc1. The monoisotopic (exact) mass is 800 g/mol. The van der Waals surface area contributed by atoms with Crippen LogP contribution >= 0.6 is 0 Å². The number of rotatable bonds is 12. The van der Waals surface area contributed by atoms with E-state index in [0.717, 1.165) is 11.1 Å². The van der Waals surface area contributed by atoms with Crippen molar-refractivity contribution in [3.63, 3.8) is 0 Å². The molecular weight excluding hydrogens is 765 g/mol. The smallest absolute Gasteiger partial charge is 0.343 e. The Hall–Kier alpha value is -8.30. The number of amides is 2. The summed E-state index contributed by atoms with van der Waals surface area (Å²) in [4.78, 5) is 73.8. The first kappa shape index (κ1) is 41.3. The van der Waals surface area contributed by atoms with E-state index >= 15 is 0 Å². The lowest BCUT2D eigenvalue weighted by Gasteiger charge is -2.08. The Labute approximate surface area is 345 Å². The highest BCUT2D eigenvalue weighted by molar-refractivity contribution is 6.05. The molecule has 6 rings (SSSR count). The zero-order valence-corrected chi connectivity index (χ0v) is 32.4. The summed E-state index contributed by atoms with van der Waals surface area (Å²) >= 11 is 0. The van der Waals surface area contributed by atoms with Crippen molar-refractivity contribution >= 4 is 47.1 Å². The molecular formula is C48H36N2O10. The van der Waals surface area contributed by atoms with Gasteiger partial charge in [0.25, 0.3) is 11.8 Å². The van der Waals surface area contributed by atoms with Crippen LogP contribution in [0.5, 0.6) is 11.5 Å². The Morgan fingerprint density at radius 3 is 1.05 bits per heavy atom. The van der Waals surface area contributed by atoms with Crippen LogP contribution in [0.2, 0.25) is 0 Å². The van der Waals surface area contributed by atoms with E-state index in [-0.39, 0.29) is 47.7 Å². The fourth-order valence-electron chi connectivity index (χ4n) is 5.50. The predicted molar refractivity (Wildman–Crippen MR) is 222 cm³/mol. The highest BCUT2D eigenvalue weighted by Crippen LogP contribution is 2.19. The normalized spacial score (nSPS) is 10.2. The summed E-state index contributed by atoms with van der Waals surface area (Å²) in [6.07, 6.45) is 0.225. The van der Waals surface area contributed by atoms with Crippen LogP contribution in [0.15, 0.2) is 146 Å². The highest BCUT2D eigenvalue weighted by Gasteiger charge is 2.13. The molecule has 0 radical (unpaired) electrons. The van der Waals surface area contributed by atoms with Crippen molar-refractivity contribution in [2.45, 2.75) is 12.8 Å². The summed E-state index contributed by atoms with van der Waals surface area (Å²) in [6, 6.07) is 39.2. The molecule has 0 aromatic heterocycles. The molecule has 0 aliphatic heterocycles. The fourth-order valence-corrected chi connectivity index (χ4v) is 5.50. The van der Waals surface area contributed by atoms with E-state index < -0.39 is 11.9 Å². The van der Waals surface area contributed by atoms with Gasteiger partial charge in [-0.05, 0) is 132 Å². The topological polar surface area (TPSA) is 163 Å². The van der Waals surface area contributed by atoms with Gasteiger partial charge < -0.3 is 29.6 Å². The van der Waals surface area contributed by atoms with Gasteiger partial charge in [-0.15, -0.1) is 0 Å². The van der Waals surface area contributed by atoms with E-state index in [0.29, 0.717) is 45.1 Å². The van der Waals surface area contributed by atoms with Gasteiger partial charge in [-0.1, -0.05) is 36.1 Å². The Kier molecular flexibility index (Phi) is 13.6. The zero-order chi connectivity index (χ0) is 42.4. The van der Waals surface area contributed by atoms with Gasteiger partial charge in [0.15, 0.2) is 0 Å². The van der Waals surface area contributed by atoms with Gasteiger partial charge in [-0.25, -0.2) is 9.59 Å². The molecule has 12 heteroatoms. The molecule has 2 N–H and O–H groups in total. The van der Waals surface area contributed by atoms with Crippen LogP contribution in [0.4, 0.5) is 11.4 Å². The standard InChI is InChI=1S/C48H36N2O10/c1-57-43(51)29-33-5-13-35(14-6-33)45(53)49-39-21-17-37(18-22-39)47(55)59-41-25-9-31(10-26-41)3-4-32-11-27-42(28-12-32)60-48(56)38-19-23-40(24-20-38)50-46(54)36-15-7-34(8-16-36)30-44(52)58-2/h5-28H,29-30H2,1-2H3,(H,49,53)(H,50,54). The molecule has 0 spiro atoms. The lowest BCUT2D eigenvalue weighted by molar-refractivity contribution is -0.140. The number of nitrogens with one attached hydrogen (secondary N) is 2. The number of methoxy groups -OCH3 is 2. The third-order valence-corrected chi connectivity index (χ3v) is 8.82. The van der Waals surface area contributed by atoms with Crippen LogP contribution in [0.25, 0.3) is 0 Å². The van der Waals surface area contributed by atoms with E-state index in [4.69, 9.17) is 9.47 Å². The number of hydrogen-bond acceptors (Lipinski definition) is 10. The maximum absolute atomic E-state index is 12.8. The van der Waals surface area contributed by atoms with Crippen molar-refractivity contribution in [3.05, 3.63) is 190 Å². The second-order valence-corrected chi connectivity index (χ2v) is 13.0. The number of benzene rings is 6. The molecule has 60 heavy (non-hydrogen) atoms. The molecule has 12 nitrogen and oxygen atoms in total. The zero-order valence-electron chi connectivity index (χ0n) is 32.4. The molecule has 298 valence electrons. The maximum Gasteiger partial charge on any atom is 0.343 e. The van der Waals surface area contributed by atoms with E-state index in [9.17, 15) is 28.8 Å². The molecule has 0 saturated carbocycles. The maximum atomic E-state index is 12.8. The molecule has 2 amide bonds. The minimum atomic E-state index is -0.576. The van der Waals surface area contributed by atoms with Gasteiger partial charge in [-0.3, -0.25) is 19.2 Å². The molecule has 6 aromatic rings. The first-order chi connectivity index (χ1) is 29.0. The van der Waals surface area contributed by atoms with Crippen molar-refractivity contribution in [1.82, 2.24) is 0 Å². The number of ether oxygens (including phenoxy) is 4. The predicted octanol–water partition coefficient (Wildman–Crippen LogP) is 7.46. The minimum Gasteiger partial charge on any atom is -0.469 e. The Balaban J connectivity index is 0.947. The van der Waals surface area contributed by atoms with E-state index in [2.05, 4.69) is 31.9 Å². The lowest BCUT2D eigenvalue weighted by atomic mass is 10.1. The van der Waals surface area contributed by atoms with E-state index in [1.54, 1.807) is 146 Å². The van der Waals surface area contributed by atoms with Crippen molar-refractivity contribution < 1.29 is 47.7 Å². The largest absolute Gasteiger partial charge is 0.469 e. The van der Waals surface area contributed by atoms with Crippen LogP contribution in [0, 0.1) is 11.8 Å². The van der Waals surface area contributed by atoms with Gasteiger partial charge in [0.1, 0.15) is 11.5 Å². The van der Waals surface area contributed by atoms with Crippen molar-refractivity contribution in [1.29, 1.82) is 0 Å². The number of carbonyl (C=O) groups excluding carboxylic acids is 6. The molecule has 6 aromatic carbocycles. The van der Waals surface area contributed by atoms with Gasteiger partial charge in [0.05, 0.1) is 38.2 Å². The molecule has 0 unspecified atom stereocenters. The number of esters is 4. The third kappa shape index (κ3) is 11.6. The van der Waals surface area contributed by atoms with Crippen molar-refractivity contribution in [2.75, 3.05) is 24.9 Å². The molecule has 0 atom stereocenters. The fraction of sp³-hybridized carbons (Fsp3) is 0.0833. The summed E-state index contributed by atoms with van der Waals surface area (Å²) < 4.78 is 20.3. The Bertz CT molecular complexity index is 2390. The second-order valence-electron chi connectivity index (χ2n) is 13.0. The van der Waals surface area contributed by atoms with Crippen molar-refractivity contribution in [2.24, 2.45) is 0 Å². The quantitative estimate of drug-likeness (QED) is 0.0722. The van der Waals surface area contributed by atoms with Crippen LogP contribution in [-0.4, -0.2) is 49.9 Å². The average molecular weight is 801 g/mol. The van der Waals surface area contributed by atoms with Gasteiger partial charge in [0.2, 0.25) is 0 Å². The van der Waals surface area contributed by atoms with E-state index in [1.807, 2.05) is 0 Å². The van der Waals surface area contributed by atoms with Crippen LogP contribution in [-0.2, 0) is 31.9 Å². The van der Waals surface area contributed by atoms with Gasteiger partial charge in [0, 0.05) is 33.6 Å². The summed E-state index contributed by atoms with van der Waals surface area (Å²) in [6.45, 7) is 0. The third-order valence-electron chi connectivity index (χ3n) is 8.82. The summed E-state index contributed by atoms with van der Waals surface area (Å²) in [5, 5.41) is 5.55. The molecule has 0 aliphatic rings. The van der Waals surface area contributed by atoms with Crippen LogP contribution in [0.3, 0.4) is 0 Å². The Morgan fingerprint density at radius 1 is 0.417 bits per heavy atom. The molecule has 0 saturated heterocycles. The number of anilines is 2. The first-order valence-electron chi connectivity index (χ1n) is 18.4. The number of carbonyl (C=O) groups is 6. The molecule has 0 aliphatic carbocycles. The molecule has 0 bridgehead atoms. The van der Waals surface area contributed by atoms with Gasteiger partial charge >= 0.3 is 23.9 Å². The lowest BCUT2D eigenvalue weighted by Crippen LogP contribution is -2.13. The van der Waals surface area contributed by atoms with Gasteiger partial charge in [-0.2, -0.15) is 0 Å². The Morgan fingerprint density at radius 2 is 0.733 bits per heavy atom.